The molecule has 0 N–H and O–H groups in total. The van der Waals surface area contributed by atoms with Crippen molar-refractivity contribution >= 4 is 23.0 Å². The quantitative estimate of drug-likeness (QED) is 0.572. The van der Waals surface area contributed by atoms with Crippen molar-refractivity contribution in [2.24, 2.45) is 11.8 Å². The third kappa shape index (κ3) is 4.80. The van der Waals surface area contributed by atoms with Crippen LogP contribution in [0.15, 0.2) is 39.5 Å². The highest BCUT2D eigenvalue weighted by atomic mass is 32.1. The average molecular weight is 488 g/mol. The molecule has 2 aliphatic carbocycles. The third-order valence-electron chi connectivity index (χ3n) is 7.14. The summed E-state index contributed by atoms with van der Waals surface area (Å²) < 4.78 is 29.9. The molecule has 3 heterocycles. The molecule has 0 bridgehead atoms. The van der Waals surface area contributed by atoms with Crippen molar-refractivity contribution in [3.8, 4) is 0 Å². The number of nitrogens with zero attached hydrogens (tertiary/aromatic N) is 5. The first-order valence-electron chi connectivity index (χ1n) is 12.0. The highest BCUT2D eigenvalue weighted by Crippen LogP contribution is 2.46. The second kappa shape index (κ2) is 8.91. The van der Waals surface area contributed by atoms with Crippen LogP contribution in [0.2, 0.25) is 0 Å². The van der Waals surface area contributed by atoms with E-state index in [4.69, 9.17) is 0 Å². The van der Waals surface area contributed by atoms with E-state index in [2.05, 4.69) is 38.1 Å². The van der Waals surface area contributed by atoms with Crippen molar-refractivity contribution in [1.82, 2.24) is 14.5 Å². The molecule has 0 spiro atoms. The molecule has 1 unspecified atom stereocenters. The van der Waals surface area contributed by atoms with Crippen molar-refractivity contribution in [1.29, 1.82) is 0 Å². The first kappa shape index (κ1) is 23.2. The molecule has 1 saturated heterocycles. The first-order valence-corrected chi connectivity index (χ1v) is 12.9. The summed E-state index contributed by atoms with van der Waals surface area (Å²) >= 11 is 1.75. The molecule has 2 aromatic heterocycles. The maximum Gasteiger partial charge on any atom is 0.352 e. The zero-order valence-electron chi connectivity index (χ0n) is 19.9. The molecule has 0 amide bonds. The highest BCUT2D eigenvalue weighted by molar-refractivity contribution is 7.10. The van der Waals surface area contributed by atoms with Crippen LogP contribution in [0.4, 0.5) is 20.4 Å². The van der Waals surface area contributed by atoms with E-state index in [1.54, 1.807) is 30.4 Å². The van der Waals surface area contributed by atoms with Gasteiger partial charge >= 0.3 is 5.69 Å². The summed E-state index contributed by atoms with van der Waals surface area (Å²) in [4.78, 5) is 27.6. The van der Waals surface area contributed by atoms with Crippen LogP contribution in [0.25, 0.3) is 0 Å². The van der Waals surface area contributed by atoms with Crippen LogP contribution in [0.3, 0.4) is 0 Å². The summed E-state index contributed by atoms with van der Waals surface area (Å²) in [5.74, 6) is -1.65. The predicted octanol–water partition coefficient (Wildman–Crippen LogP) is 4.58. The summed E-state index contributed by atoms with van der Waals surface area (Å²) in [6.07, 6.45) is 6.24. The molecule has 34 heavy (non-hydrogen) atoms. The minimum absolute atomic E-state index is 0.163. The Morgan fingerprint density at radius 2 is 1.79 bits per heavy atom. The molecule has 2 aromatic rings. The number of anilines is 2. The van der Waals surface area contributed by atoms with Gasteiger partial charge in [0.1, 0.15) is 5.82 Å². The van der Waals surface area contributed by atoms with Crippen LogP contribution >= 0.6 is 11.3 Å². The molecule has 182 valence electrons. The summed E-state index contributed by atoms with van der Waals surface area (Å²) in [6, 6.07) is 2.20. The monoisotopic (exact) mass is 487 g/mol. The molecule has 9 heteroatoms. The first-order chi connectivity index (χ1) is 16.2. The number of aromatic nitrogens is 3. The topological polar surface area (TPSA) is 54.3 Å². The molecular weight excluding hydrogens is 456 g/mol. The SMILES string of the molecule is Cc1cc(N2CCN(c3nc(C)n(CC4=CC=C(C(C)(F)F)C4CC4CC4)c(=O)n3)CC2)cs1. The van der Waals surface area contributed by atoms with Crippen molar-refractivity contribution in [3.05, 3.63) is 55.9 Å². The molecule has 5 rings (SSSR count). The second-order valence-electron chi connectivity index (χ2n) is 9.81. The van der Waals surface area contributed by atoms with Gasteiger partial charge in [-0.15, -0.1) is 11.3 Å². The fraction of sp³-hybridized carbons (Fsp3) is 0.560. The maximum absolute atomic E-state index is 14.2. The Hall–Kier alpha value is -2.55. The number of thiophene rings is 1. The summed E-state index contributed by atoms with van der Waals surface area (Å²) in [5, 5.41) is 2.18. The van der Waals surface area contributed by atoms with Crippen LogP contribution < -0.4 is 15.5 Å². The normalized spacial score (nSPS) is 21.1. The van der Waals surface area contributed by atoms with Gasteiger partial charge in [-0.1, -0.05) is 25.0 Å². The smallest absolute Gasteiger partial charge is 0.352 e. The van der Waals surface area contributed by atoms with Gasteiger partial charge in [-0.2, -0.15) is 9.97 Å². The summed E-state index contributed by atoms with van der Waals surface area (Å²) in [7, 11) is 0. The number of allylic oxidation sites excluding steroid dienone is 4. The van der Waals surface area contributed by atoms with E-state index < -0.39 is 5.92 Å². The fourth-order valence-electron chi connectivity index (χ4n) is 4.99. The van der Waals surface area contributed by atoms with Gasteiger partial charge in [-0.25, -0.2) is 13.6 Å². The Morgan fingerprint density at radius 3 is 2.38 bits per heavy atom. The standard InChI is InChI=1S/C25H31F2N5OS/c1-16-12-20(15-34-16)30-8-10-31(11-9-30)23-28-17(2)32(24(33)29-23)14-19-6-7-22(25(3,26)27)21(19)13-18-4-5-18/h6-7,12,15,18,21H,4-5,8-11,13-14H2,1-3H3. The number of alkyl halides is 2. The molecule has 3 aliphatic rings. The number of aryl methyl sites for hydroxylation is 2. The van der Waals surface area contributed by atoms with Crippen molar-refractivity contribution < 1.29 is 8.78 Å². The molecule has 2 fully saturated rings. The molecular formula is C25H31F2N5OS. The van der Waals surface area contributed by atoms with Gasteiger partial charge in [0, 0.05) is 60.5 Å². The molecule has 1 atom stereocenters. The Kier molecular flexibility index (Phi) is 6.08. The minimum atomic E-state index is -2.86. The van der Waals surface area contributed by atoms with Gasteiger partial charge in [-0.3, -0.25) is 4.57 Å². The largest absolute Gasteiger partial charge is 0.367 e. The summed E-state index contributed by atoms with van der Waals surface area (Å²) in [5.41, 5.74) is 1.88. The zero-order chi connectivity index (χ0) is 24.0. The van der Waals surface area contributed by atoms with Crippen LogP contribution in [-0.2, 0) is 6.54 Å². The highest BCUT2D eigenvalue weighted by Gasteiger charge is 2.40. The van der Waals surface area contributed by atoms with Crippen LogP contribution in [-0.4, -0.2) is 46.6 Å². The van der Waals surface area contributed by atoms with Gasteiger partial charge < -0.3 is 9.80 Å². The predicted molar refractivity (Wildman–Crippen MR) is 132 cm³/mol. The molecule has 1 aliphatic heterocycles. The van der Waals surface area contributed by atoms with E-state index in [0.717, 1.165) is 57.9 Å². The van der Waals surface area contributed by atoms with Crippen molar-refractivity contribution in [2.75, 3.05) is 36.0 Å². The Labute approximate surface area is 202 Å². The lowest BCUT2D eigenvalue weighted by molar-refractivity contribution is 0.0536. The van der Waals surface area contributed by atoms with Gasteiger partial charge in [0.15, 0.2) is 0 Å². The van der Waals surface area contributed by atoms with Crippen LogP contribution in [0, 0.1) is 25.7 Å². The lowest BCUT2D eigenvalue weighted by Gasteiger charge is -2.35. The van der Waals surface area contributed by atoms with Gasteiger partial charge in [-0.05, 0) is 37.8 Å². The number of hydrogen-bond donors (Lipinski definition) is 0. The number of halogens is 2. The summed E-state index contributed by atoms with van der Waals surface area (Å²) in [6.45, 7) is 8.29. The molecule has 1 saturated carbocycles. The van der Waals surface area contributed by atoms with E-state index in [-0.39, 0.29) is 23.7 Å². The Balaban J connectivity index is 1.29. The zero-order valence-corrected chi connectivity index (χ0v) is 20.7. The van der Waals surface area contributed by atoms with E-state index in [0.29, 0.717) is 17.7 Å². The van der Waals surface area contributed by atoms with Crippen LogP contribution in [0.5, 0.6) is 0 Å². The number of rotatable bonds is 7. The van der Waals surface area contributed by atoms with E-state index in [1.807, 2.05) is 0 Å². The second-order valence-corrected chi connectivity index (χ2v) is 10.9. The third-order valence-corrected chi connectivity index (χ3v) is 7.99. The molecule has 6 nitrogen and oxygen atoms in total. The lowest BCUT2D eigenvalue weighted by atomic mass is 9.87. The van der Waals surface area contributed by atoms with Crippen LogP contribution in [0.1, 0.15) is 36.9 Å². The lowest BCUT2D eigenvalue weighted by Crippen LogP contribution is -2.48. The fourth-order valence-corrected chi connectivity index (χ4v) is 5.70. The molecule has 0 aromatic carbocycles. The van der Waals surface area contributed by atoms with Crippen molar-refractivity contribution in [3.63, 3.8) is 0 Å². The van der Waals surface area contributed by atoms with E-state index >= 15 is 0 Å². The Bertz CT molecular complexity index is 1180. The number of piperazine rings is 1. The van der Waals surface area contributed by atoms with Gasteiger partial charge in [0.05, 0.1) is 6.54 Å². The average Bonchev–Trinajstić information content (AvgIpc) is 3.34. The van der Waals surface area contributed by atoms with Gasteiger partial charge in [0.25, 0.3) is 5.92 Å². The van der Waals surface area contributed by atoms with E-state index in [9.17, 15) is 13.6 Å². The minimum Gasteiger partial charge on any atom is -0.367 e. The Morgan fingerprint density at radius 1 is 1.09 bits per heavy atom. The maximum atomic E-state index is 14.2. The number of hydrogen-bond acceptors (Lipinski definition) is 6. The molecule has 0 radical (unpaired) electrons. The van der Waals surface area contributed by atoms with Crippen molar-refractivity contribution in [2.45, 2.75) is 52.5 Å². The van der Waals surface area contributed by atoms with Gasteiger partial charge in [0.2, 0.25) is 5.95 Å². The van der Waals surface area contributed by atoms with E-state index in [1.165, 1.54) is 15.1 Å².